The van der Waals surface area contributed by atoms with Gasteiger partial charge in [0.1, 0.15) is 12.3 Å². The molecule has 0 amide bonds. The standard InChI is InChI=1S/C25H23N9O6S.2Na.2H/c1-15-7-8-20(27-14-15)41(36,37)32-24-21(40-19-6-4-3-5-18(19)38-2)25(39-12-11-35)29-22(28-24)16-9-10-26-17(13-16)23-30-33-34-31-23;;;;/h3-10,13-14,35H,11-12H2,1-2H3,(H,28,29,32)(H,30,31,33,34);;;;. The molecule has 0 unspecified atom stereocenters. The summed E-state index contributed by atoms with van der Waals surface area (Å²) in [6.45, 7) is 1.27. The van der Waals surface area contributed by atoms with Crippen LogP contribution in [0.15, 0.2) is 66.0 Å². The van der Waals surface area contributed by atoms with Crippen LogP contribution < -0.4 is 18.9 Å². The van der Waals surface area contributed by atoms with Crippen LogP contribution in [0.3, 0.4) is 0 Å². The van der Waals surface area contributed by atoms with Gasteiger partial charge in [-0.3, -0.25) is 9.71 Å². The average molecular weight is 626 g/mol. The van der Waals surface area contributed by atoms with Gasteiger partial charge in [-0.2, -0.15) is 13.4 Å². The van der Waals surface area contributed by atoms with E-state index in [1.54, 1.807) is 49.4 Å². The molecular weight excluding hydrogens is 600 g/mol. The number of aromatic nitrogens is 8. The first kappa shape index (κ1) is 34.3. The predicted molar refractivity (Wildman–Crippen MR) is 158 cm³/mol. The van der Waals surface area contributed by atoms with E-state index in [0.29, 0.717) is 22.8 Å². The quantitative estimate of drug-likeness (QED) is 0.176. The molecule has 3 N–H and O–H groups in total. The first-order valence-corrected chi connectivity index (χ1v) is 13.5. The third-order valence-corrected chi connectivity index (χ3v) is 6.70. The number of aliphatic hydroxyl groups excluding tert-OH is 1. The summed E-state index contributed by atoms with van der Waals surface area (Å²) in [6.07, 6.45) is 2.92. The van der Waals surface area contributed by atoms with Gasteiger partial charge in [-0.25, -0.2) is 15.1 Å². The van der Waals surface area contributed by atoms with Gasteiger partial charge < -0.3 is 19.3 Å². The third kappa shape index (κ3) is 8.24. The van der Waals surface area contributed by atoms with Crippen LogP contribution in [-0.2, 0) is 10.0 Å². The Labute approximate surface area is 290 Å². The second kappa shape index (κ2) is 15.5. The Morgan fingerprint density at radius 3 is 2.49 bits per heavy atom. The first-order valence-electron chi connectivity index (χ1n) is 12.0. The van der Waals surface area contributed by atoms with Crippen molar-refractivity contribution in [2.75, 3.05) is 25.0 Å². The Bertz CT molecular complexity index is 1760. The van der Waals surface area contributed by atoms with Crippen molar-refractivity contribution in [1.29, 1.82) is 0 Å². The van der Waals surface area contributed by atoms with Gasteiger partial charge in [0.15, 0.2) is 34.0 Å². The van der Waals surface area contributed by atoms with Gasteiger partial charge in [-0.05, 0) is 53.2 Å². The summed E-state index contributed by atoms with van der Waals surface area (Å²) in [5, 5.41) is 22.8. The Morgan fingerprint density at radius 1 is 1.02 bits per heavy atom. The molecule has 214 valence electrons. The number of sulfonamides is 1. The van der Waals surface area contributed by atoms with Crippen molar-refractivity contribution < 1.29 is 27.7 Å². The SMILES string of the molecule is COc1ccccc1Oc1c(NS(=O)(=O)c2ccc(C)cn2)nc(-c2ccnc(-c3nnn[nH]3)c2)nc1OCCO.[NaH].[NaH]. The average Bonchev–Trinajstić information content (AvgIpc) is 3.53. The number of hydrogen-bond acceptors (Lipinski definition) is 13. The van der Waals surface area contributed by atoms with E-state index in [2.05, 4.69) is 45.3 Å². The number of nitrogens with one attached hydrogen (secondary N) is 2. The number of pyridine rings is 2. The number of rotatable bonds is 11. The van der Waals surface area contributed by atoms with Crippen LogP contribution in [-0.4, -0.2) is 134 Å². The Balaban J connectivity index is 0.00000253. The molecule has 1 aromatic carbocycles. The minimum absolute atomic E-state index is 0. The maximum absolute atomic E-state index is 13.4. The zero-order chi connectivity index (χ0) is 28.8. The second-order valence-electron chi connectivity index (χ2n) is 8.31. The molecule has 0 aliphatic carbocycles. The summed E-state index contributed by atoms with van der Waals surface area (Å²) >= 11 is 0. The fourth-order valence-electron chi connectivity index (χ4n) is 3.53. The number of methoxy groups -OCH3 is 1. The molecule has 18 heteroatoms. The molecule has 43 heavy (non-hydrogen) atoms. The van der Waals surface area contributed by atoms with Crippen molar-refractivity contribution in [1.82, 2.24) is 40.6 Å². The van der Waals surface area contributed by atoms with Crippen molar-refractivity contribution in [2.24, 2.45) is 0 Å². The number of benzene rings is 1. The van der Waals surface area contributed by atoms with E-state index < -0.39 is 10.0 Å². The Morgan fingerprint density at radius 2 is 1.81 bits per heavy atom. The summed E-state index contributed by atoms with van der Waals surface area (Å²) in [6, 6.07) is 12.9. The molecule has 0 atom stereocenters. The number of aryl methyl sites for hydroxylation is 1. The molecule has 5 rings (SSSR count). The first-order chi connectivity index (χ1) is 19.9. The molecule has 4 aromatic heterocycles. The van der Waals surface area contributed by atoms with Crippen molar-refractivity contribution in [2.45, 2.75) is 11.9 Å². The molecule has 5 aromatic rings. The number of para-hydroxylation sites is 2. The van der Waals surface area contributed by atoms with Gasteiger partial charge in [0.2, 0.25) is 5.75 Å². The van der Waals surface area contributed by atoms with E-state index in [4.69, 9.17) is 14.2 Å². The summed E-state index contributed by atoms with van der Waals surface area (Å²) in [5.41, 5.74) is 1.59. The monoisotopic (exact) mass is 625 g/mol. The van der Waals surface area contributed by atoms with Crippen molar-refractivity contribution in [3.8, 4) is 46.0 Å². The summed E-state index contributed by atoms with van der Waals surface area (Å²) in [7, 11) is -2.79. The number of hydrogen-bond donors (Lipinski definition) is 3. The van der Waals surface area contributed by atoms with E-state index in [1.807, 2.05) is 0 Å². The molecular formula is C25H25N9Na2O6S. The minimum atomic E-state index is -4.25. The van der Waals surface area contributed by atoms with Gasteiger partial charge in [0.25, 0.3) is 15.9 Å². The molecule has 4 heterocycles. The van der Waals surface area contributed by atoms with Gasteiger partial charge in [0.05, 0.1) is 13.7 Å². The molecule has 0 fully saturated rings. The van der Waals surface area contributed by atoms with Crippen LogP contribution in [0.25, 0.3) is 22.9 Å². The van der Waals surface area contributed by atoms with Crippen LogP contribution in [0.1, 0.15) is 5.56 Å². The number of nitrogens with zero attached hydrogens (tertiary/aromatic N) is 7. The van der Waals surface area contributed by atoms with Crippen molar-refractivity contribution >= 4 is 75.0 Å². The Hall–Kier alpha value is -3.22. The van der Waals surface area contributed by atoms with Crippen LogP contribution in [0.5, 0.6) is 23.1 Å². The molecule has 0 radical (unpaired) electrons. The third-order valence-electron chi connectivity index (χ3n) is 5.44. The molecule has 0 saturated heterocycles. The number of aromatic amines is 1. The second-order valence-corrected chi connectivity index (χ2v) is 9.94. The molecule has 0 bridgehead atoms. The van der Waals surface area contributed by atoms with Crippen LogP contribution in [0, 0.1) is 6.92 Å². The fraction of sp³-hybridized carbons (Fsp3) is 0.160. The topological polar surface area (TPSA) is 200 Å². The van der Waals surface area contributed by atoms with Gasteiger partial charge in [0, 0.05) is 18.0 Å². The summed E-state index contributed by atoms with van der Waals surface area (Å²) < 4.78 is 46.4. The van der Waals surface area contributed by atoms with Crippen LogP contribution >= 0.6 is 0 Å². The van der Waals surface area contributed by atoms with Crippen molar-refractivity contribution in [3.63, 3.8) is 0 Å². The zero-order valence-electron chi connectivity index (χ0n) is 21.7. The molecule has 0 saturated carbocycles. The maximum atomic E-state index is 13.4. The van der Waals surface area contributed by atoms with E-state index >= 15 is 0 Å². The molecule has 15 nitrogen and oxygen atoms in total. The fourth-order valence-corrected chi connectivity index (χ4v) is 4.47. The molecule has 0 aliphatic rings. The van der Waals surface area contributed by atoms with Gasteiger partial charge in [-0.15, -0.1) is 5.10 Å². The van der Waals surface area contributed by atoms with E-state index in [9.17, 15) is 13.5 Å². The van der Waals surface area contributed by atoms with E-state index in [0.717, 1.165) is 5.56 Å². The number of tetrazole rings is 1. The normalized spacial score (nSPS) is 10.7. The zero-order valence-corrected chi connectivity index (χ0v) is 22.5. The number of aliphatic hydroxyl groups is 1. The number of anilines is 1. The van der Waals surface area contributed by atoms with Crippen LogP contribution in [0.2, 0.25) is 0 Å². The Kier molecular flexibility index (Phi) is 12.3. The predicted octanol–water partition coefficient (Wildman–Crippen LogP) is 1.10. The van der Waals surface area contributed by atoms with Gasteiger partial charge >= 0.3 is 59.1 Å². The van der Waals surface area contributed by atoms with E-state index in [1.165, 1.54) is 25.6 Å². The number of ether oxygens (including phenoxy) is 3. The summed E-state index contributed by atoms with van der Waals surface area (Å²) in [5.74, 6) is 0.370. The van der Waals surface area contributed by atoms with Gasteiger partial charge in [-0.1, -0.05) is 18.2 Å². The van der Waals surface area contributed by atoms with Crippen LogP contribution in [0.4, 0.5) is 5.82 Å². The van der Waals surface area contributed by atoms with Crippen molar-refractivity contribution in [3.05, 3.63) is 66.5 Å². The number of H-pyrrole nitrogens is 1. The van der Waals surface area contributed by atoms with E-state index in [-0.39, 0.29) is 106 Å². The molecule has 0 aliphatic heterocycles. The molecule has 0 spiro atoms. The summed E-state index contributed by atoms with van der Waals surface area (Å²) in [4.78, 5) is 17.2.